The highest BCUT2D eigenvalue weighted by Gasteiger charge is 3.12. The summed E-state index contributed by atoms with van der Waals surface area (Å²) in [5, 5.41) is 10.3. The van der Waals surface area contributed by atoms with Crippen LogP contribution in [0.2, 0.25) is 0 Å². The van der Waals surface area contributed by atoms with Crippen molar-refractivity contribution in [3.05, 3.63) is 12.7 Å². The van der Waals surface area contributed by atoms with E-state index in [1.807, 2.05) is 0 Å². The summed E-state index contributed by atoms with van der Waals surface area (Å²) < 4.78 is 0. The molecular formula is C19H23N3O4. The van der Waals surface area contributed by atoms with Crippen LogP contribution in [-0.4, -0.2) is 64.9 Å². The summed E-state index contributed by atoms with van der Waals surface area (Å²) in [6.07, 6.45) is 1.09. The van der Waals surface area contributed by atoms with Gasteiger partial charge in [0.05, 0.1) is 16.9 Å². The molecule has 7 fully saturated rings. The molecule has 26 heavy (non-hydrogen) atoms. The molecule has 3 N–H and O–H groups in total. The topological polar surface area (TPSA) is 104 Å². The zero-order valence-corrected chi connectivity index (χ0v) is 14.5. The Labute approximate surface area is 151 Å². The molecule has 1 saturated heterocycles. The van der Waals surface area contributed by atoms with Gasteiger partial charge in [0.15, 0.2) is 0 Å². The van der Waals surface area contributed by atoms with E-state index in [1.165, 1.54) is 0 Å². The second-order valence-corrected chi connectivity index (χ2v) is 9.12. The van der Waals surface area contributed by atoms with Gasteiger partial charge in [-0.2, -0.15) is 0 Å². The number of hydrogen-bond acceptors (Lipinski definition) is 4. The van der Waals surface area contributed by atoms with Crippen LogP contribution in [0.1, 0.15) is 6.42 Å². The van der Waals surface area contributed by atoms with Gasteiger partial charge in [-0.25, -0.2) is 0 Å². The summed E-state index contributed by atoms with van der Waals surface area (Å²) in [4.78, 5) is 40.7. The lowest BCUT2D eigenvalue weighted by Crippen LogP contribution is -3.12. The van der Waals surface area contributed by atoms with E-state index in [-0.39, 0.29) is 48.1 Å². The monoisotopic (exact) mass is 357 g/mol. The number of β-amino-alcohol motifs (C(OH)–C–C–N with tert-alkyl or cyclic N) is 1. The van der Waals surface area contributed by atoms with Crippen molar-refractivity contribution in [2.45, 2.75) is 12.5 Å². The Morgan fingerprint density at radius 1 is 1.00 bits per heavy atom. The van der Waals surface area contributed by atoms with Crippen molar-refractivity contribution in [3.8, 4) is 0 Å². The van der Waals surface area contributed by atoms with Crippen LogP contribution in [0.3, 0.4) is 0 Å². The number of amides is 3. The largest absolute Gasteiger partial charge is 0.389 e. The summed E-state index contributed by atoms with van der Waals surface area (Å²) in [5.41, 5.74) is 5.15. The number of aliphatic hydroxyl groups is 1. The van der Waals surface area contributed by atoms with Crippen LogP contribution in [0.15, 0.2) is 12.7 Å². The molecule has 0 radical (unpaired) electrons. The van der Waals surface area contributed by atoms with Gasteiger partial charge < -0.3 is 20.6 Å². The molecule has 1 aliphatic heterocycles. The standard InChI is InChI=1S/C19H23N3O4/c1-2-3-9(24)21-4-5-22(7-8(23)6-21)17(26)19-13-10-14(19)12-15(19)11(13)18(10,12)16(20)25/h2,8,10-15,23H,1,3-7H2,(H2,20,25). The molecule has 1 unspecified atom stereocenters. The molecule has 0 aromatic rings. The molecule has 7 rings (SSSR count). The van der Waals surface area contributed by atoms with Crippen molar-refractivity contribution < 1.29 is 19.5 Å². The molecule has 3 amide bonds. The Kier molecular flexibility index (Phi) is 2.43. The molecule has 6 aliphatic carbocycles. The summed E-state index contributed by atoms with van der Waals surface area (Å²) >= 11 is 0. The van der Waals surface area contributed by atoms with Gasteiger partial charge in [-0.3, -0.25) is 14.4 Å². The van der Waals surface area contributed by atoms with Crippen LogP contribution >= 0.6 is 0 Å². The second-order valence-electron chi connectivity index (χ2n) is 9.12. The number of hydrogen-bond donors (Lipinski definition) is 2. The predicted octanol–water partition coefficient (Wildman–Crippen LogP) is -1.18. The van der Waals surface area contributed by atoms with Gasteiger partial charge in [0.2, 0.25) is 17.7 Å². The lowest BCUT2D eigenvalue weighted by Gasteiger charge is -3.09. The zero-order chi connectivity index (χ0) is 18.2. The number of primary amides is 1. The van der Waals surface area contributed by atoms with E-state index in [0.29, 0.717) is 48.6 Å². The molecule has 7 nitrogen and oxygen atoms in total. The van der Waals surface area contributed by atoms with Crippen molar-refractivity contribution in [3.63, 3.8) is 0 Å². The minimum Gasteiger partial charge on any atom is -0.389 e. The van der Waals surface area contributed by atoms with Crippen LogP contribution in [-0.2, 0) is 14.4 Å². The van der Waals surface area contributed by atoms with Gasteiger partial charge in [0.25, 0.3) is 0 Å². The van der Waals surface area contributed by atoms with Crippen LogP contribution in [0, 0.1) is 46.3 Å². The smallest absolute Gasteiger partial charge is 0.229 e. The van der Waals surface area contributed by atoms with Gasteiger partial charge in [0.1, 0.15) is 0 Å². The molecule has 1 heterocycles. The number of carbonyl (C=O) groups is 3. The highest BCUT2D eigenvalue weighted by atomic mass is 16.3. The maximum Gasteiger partial charge on any atom is 0.229 e. The van der Waals surface area contributed by atoms with E-state index in [0.717, 1.165) is 0 Å². The first-order valence-corrected chi connectivity index (χ1v) is 9.59. The third-order valence-corrected chi connectivity index (χ3v) is 8.89. The summed E-state index contributed by atoms with van der Waals surface area (Å²) in [5.74, 6) is 2.04. The molecule has 1 atom stereocenters. The first-order valence-electron chi connectivity index (χ1n) is 9.59. The van der Waals surface area contributed by atoms with Gasteiger partial charge in [-0.05, 0) is 35.5 Å². The van der Waals surface area contributed by atoms with E-state index < -0.39 is 6.10 Å². The van der Waals surface area contributed by atoms with Crippen LogP contribution in [0.4, 0.5) is 0 Å². The summed E-state index contributed by atoms with van der Waals surface area (Å²) in [6.45, 7) is 5.05. The number of carbonyl (C=O) groups excluding carboxylic acids is 3. The SMILES string of the molecule is C=CCC(=O)N1CCN(C(=O)C23C4C5C2C2C3C4C52C(N)=O)CC(O)C1. The van der Waals surface area contributed by atoms with Gasteiger partial charge in [0, 0.05) is 32.6 Å². The molecular weight excluding hydrogens is 334 g/mol. The average molecular weight is 357 g/mol. The Hall–Kier alpha value is -1.89. The molecule has 7 heteroatoms. The first-order chi connectivity index (χ1) is 12.4. The molecule has 0 aromatic heterocycles. The Balaban J connectivity index is 1.18. The van der Waals surface area contributed by atoms with E-state index in [9.17, 15) is 19.5 Å². The number of aliphatic hydroxyl groups excluding tert-OH is 1. The Morgan fingerprint density at radius 3 is 2.04 bits per heavy atom. The minimum absolute atomic E-state index is 0.0619. The first kappa shape index (κ1) is 15.2. The maximum atomic E-state index is 13.3. The van der Waals surface area contributed by atoms with E-state index in [1.54, 1.807) is 15.9 Å². The summed E-state index contributed by atoms with van der Waals surface area (Å²) in [6, 6.07) is 0. The fraction of sp³-hybridized carbons (Fsp3) is 0.737. The molecule has 7 aliphatic rings. The predicted molar refractivity (Wildman–Crippen MR) is 89.0 cm³/mol. The van der Waals surface area contributed by atoms with Gasteiger partial charge in [-0.15, -0.1) is 6.58 Å². The Morgan fingerprint density at radius 2 is 1.50 bits per heavy atom. The van der Waals surface area contributed by atoms with E-state index in [2.05, 4.69) is 6.58 Å². The number of nitrogens with two attached hydrogens (primary N) is 1. The second kappa shape index (κ2) is 4.16. The van der Waals surface area contributed by atoms with Crippen molar-refractivity contribution in [1.82, 2.24) is 9.80 Å². The molecule has 6 saturated carbocycles. The van der Waals surface area contributed by atoms with Crippen molar-refractivity contribution in [1.29, 1.82) is 0 Å². The Bertz CT molecular complexity index is 738. The molecule has 0 aromatic carbocycles. The van der Waals surface area contributed by atoms with E-state index in [4.69, 9.17) is 5.73 Å². The fourth-order valence-electron chi connectivity index (χ4n) is 8.38. The van der Waals surface area contributed by atoms with Crippen LogP contribution in [0.5, 0.6) is 0 Å². The fourth-order valence-corrected chi connectivity index (χ4v) is 8.38. The van der Waals surface area contributed by atoms with Crippen molar-refractivity contribution in [2.75, 3.05) is 26.2 Å². The number of nitrogens with zero attached hydrogens (tertiary/aromatic N) is 2. The van der Waals surface area contributed by atoms with Crippen LogP contribution in [0.25, 0.3) is 0 Å². The summed E-state index contributed by atoms with van der Waals surface area (Å²) in [7, 11) is 0. The number of rotatable bonds is 4. The molecule has 0 spiro atoms. The minimum atomic E-state index is -0.723. The maximum absolute atomic E-state index is 13.3. The third-order valence-electron chi connectivity index (χ3n) is 8.89. The van der Waals surface area contributed by atoms with Gasteiger partial charge >= 0.3 is 0 Å². The third kappa shape index (κ3) is 1.11. The highest BCUT2D eigenvalue weighted by molar-refractivity contribution is 6.00. The lowest BCUT2D eigenvalue weighted by atomic mass is 8.92. The van der Waals surface area contributed by atoms with E-state index >= 15 is 0 Å². The molecule has 138 valence electrons. The van der Waals surface area contributed by atoms with Crippen LogP contribution < -0.4 is 5.73 Å². The van der Waals surface area contributed by atoms with Crippen molar-refractivity contribution >= 4 is 17.7 Å². The van der Waals surface area contributed by atoms with Gasteiger partial charge in [-0.1, -0.05) is 6.08 Å². The molecule has 0 bridgehead atoms. The quantitative estimate of drug-likeness (QED) is 0.618. The lowest BCUT2D eigenvalue weighted by molar-refractivity contribution is -0.625. The highest BCUT2D eigenvalue weighted by Crippen LogP contribution is 3.10. The normalized spacial score (nSPS) is 53.7. The zero-order valence-electron chi connectivity index (χ0n) is 14.5. The average Bonchev–Trinajstić information content (AvgIpc) is 2.82. The van der Waals surface area contributed by atoms with Crippen molar-refractivity contribution in [2.24, 2.45) is 52.1 Å².